The first-order chi connectivity index (χ1) is 23.7. The first-order valence-electron chi connectivity index (χ1n) is 19.6. The smallest absolute Gasteiger partial charge is 0.249 e. The van der Waals surface area contributed by atoms with Gasteiger partial charge in [-0.3, -0.25) is 4.79 Å². The van der Waals surface area contributed by atoms with Crippen LogP contribution in [0.4, 0.5) is 0 Å². The molecule has 0 radical (unpaired) electrons. The van der Waals surface area contributed by atoms with Crippen LogP contribution < -0.4 is 5.32 Å². The lowest BCUT2D eigenvalue weighted by molar-refractivity contribution is -0.303. The van der Waals surface area contributed by atoms with E-state index >= 15 is 0 Å². The summed E-state index contributed by atoms with van der Waals surface area (Å²) in [5.41, 5.74) is 0. The predicted molar refractivity (Wildman–Crippen MR) is 192 cm³/mol. The fourth-order valence-electron chi connectivity index (χ4n) is 6.18. The van der Waals surface area contributed by atoms with Gasteiger partial charge in [-0.15, -0.1) is 0 Å². The van der Waals surface area contributed by atoms with Gasteiger partial charge in [-0.25, -0.2) is 0 Å². The van der Waals surface area contributed by atoms with Gasteiger partial charge in [-0.1, -0.05) is 135 Å². The van der Waals surface area contributed by atoms with E-state index in [1.807, 2.05) is 0 Å². The number of allylic oxidation sites excluding steroid dienone is 2. The van der Waals surface area contributed by atoms with Gasteiger partial charge in [0, 0.05) is 0 Å². The van der Waals surface area contributed by atoms with Crippen LogP contribution in [-0.4, -0.2) is 110 Å². The van der Waals surface area contributed by atoms with Gasteiger partial charge < -0.3 is 50.5 Å². The van der Waals surface area contributed by atoms with E-state index in [1.54, 1.807) is 0 Å². The first kappa shape index (κ1) is 45.9. The van der Waals surface area contributed by atoms with Crippen LogP contribution in [0.1, 0.15) is 155 Å². The van der Waals surface area contributed by atoms with Gasteiger partial charge in [-0.2, -0.15) is 0 Å². The van der Waals surface area contributed by atoms with Crippen LogP contribution in [0.3, 0.4) is 0 Å². The second-order valence-corrected chi connectivity index (χ2v) is 14.0. The van der Waals surface area contributed by atoms with E-state index in [2.05, 4.69) is 31.3 Å². The lowest BCUT2D eigenvalue weighted by Gasteiger charge is -2.40. The van der Waals surface area contributed by atoms with E-state index in [1.165, 1.54) is 70.6 Å². The molecule has 1 aliphatic heterocycles. The molecule has 9 atom stereocenters. The quantitative estimate of drug-likeness (QED) is 0.0376. The van der Waals surface area contributed by atoms with Crippen molar-refractivity contribution in [3.63, 3.8) is 0 Å². The molecule has 1 rings (SSSR count). The highest BCUT2D eigenvalue weighted by Crippen LogP contribution is 2.23. The van der Waals surface area contributed by atoms with Gasteiger partial charge in [0.15, 0.2) is 6.29 Å². The molecule has 1 aliphatic rings. The van der Waals surface area contributed by atoms with E-state index in [0.29, 0.717) is 19.3 Å². The summed E-state index contributed by atoms with van der Waals surface area (Å²) in [7, 11) is 0. The van der Waals surface area contributed by atoms with E-state index in [0.717, 1.165) is 44.9 Å². The first-order valence-corrected chi connectivity index (χ1v) is 19.6. The highest BCUT2D eigenvalue weighted by atomic mass is 16.7. The molecule has 49 heavy (non-hydrogen) atoms. The third-order valence-electron chi connectivity index (χ3n) is 9.57. The van der Waals surface area contributed by atoms with Crippen LogP contribution in [0.5, 0.6) is 0 Å². The highest BCUT2D eigenvalue weighted by Gasteiger charge is 2.44. The van der Waals surface area contributed by atoms with Gasteiger partial charge in [0.2, 0.25) is 5.91 Å². The van der Waals surface area contributed by atoms with E-state index in [-0.39, 0.29) is 6.42 Å². The third-order valence-corrected chi connectivity index (χ3v) is 9.57. The Kier molecular flexibility index (Phi) is 27.6. The van der Waals surface area contributed by atoms with Crippen LogP contribution in [0.2, 0.25) is 0 Å². The van der Waals surface area contributed by atoms with Crippen LogP contribution >= 0.6 is 0 Å². The fourth-order valence-corrected chi connectivity index (χ4v) is 6.18. The van der Waals surface area contributed by atoms with Gasteiger partial charge in [0.25, 0.3) is 0 Å². The Balaban J connectivity index is 2.57. The maximum Gasteiger partial charge on any atom is 0.249 e. The average Bonchev–Trinajstić information content (AvgIpc) is 3.10. The van der Waals surface area contributed by atoms with E-state index in [9.17, 15) is 40.5 Å². The number of aliphatic hydroxyl groups is 7. The molecule has 1 heterocycles. The van der Waals surface area contributed by atoms with Crippen molar-refractivity contribution < 1.29 is 50.0 Å². The molecule has 1 amide bonds. The number of amides is 1. The maximum absolute atomic E-state index is 12.9. The Hall–Kier alpha value is -1.15. The zero-order valence-electron chi connectivity index (χ0n) is 30.7. The minimum Gasteiger partial charge on any atom is -0.394 e. The minimum atomic E-state index is -1.66. The highest BCUT2D eigenvalue weighted by molar-refractivity contribution is 5.80. The van der Waals surface area contributed by atoms with Crippen molar-refractivity contribution in [3.05, 3.63) is 12.2 Å². The molecule has 11 nitrogen and oxygen atoms in total. The van der Waals surface area contributed by atoms with Crippen LogP contribution in [0.25, 0.3) is 0 Å². The van der Waals surface area contributed by atoms with Gasteiger partial charge in [0.05, 0.1) is 25.4 Å². The molecule has 9 unspecified atom stereocenters. The molecule has 8 N–H and O–H groups in total. The normalized spacial score (nSPS) is 23.8. The third kappa shape index (κ3) is 20.5. The largest absolute Gasteiger partial charge is 0.394 e. The SMILES string of the molecule is CCCC/C=C\CCCCCC(O)C(=O)NC(COC1OC(CO)C(O)C(O)C1O)C(O)C(O)CCCCCCCCCCCCCCC. The average molecular weight is 704 g/mol. The number of unbranched alkanes of at least 4 members (excludes halogenated alkanes) is 17. The minimum absolute atomic E-state index is 0.239. The molecule has 0 saturated carbocycles. The summed E-state index contributed by atoms with van der Waals surface area (Å²) in [6.45, 7) is 3.33. The van der Waals surface area contributed by atoms with E-state index < -0.39 is 74.2 Å². The molecule has 0 aromatic rings. The molecule has 0 aromatic carbocycles. The van der Waals surface area contributed by atoms with Gasteiger partial charge >= 0.3 is 0 Å². The fraction of sp³-hybridized carbons (Fsp3) is 0.921. The number of rotatable bonds is 31. The van der Waals surface area contributed by atoms with Gasteiger partial charge in [0.1, 0.15) is 36.6 Å². The zero-order chi connectivity index (χ0) is 36.3. The molecular formula is C38H73NO10. The number of hydrogen-bond donors (Lipinski definition) is 8. The zero-order valence-corrected chi connectivity index (χ0v) is 30.7. The van der Waals surface area contributed by atoms with Crippen molar-refractivity contribution in [1.29, 1.82) is 0 Å². The summed E-state index contributed by atoms with van der Waals surface area (Å²) in [5, 5.41) is 75.1. The molecule has 1 fully saturated rings. The van der Waals surface area contributed by atoms with Crippen LogP contribution in [-0.2, 0) is 14.3 Å². The van der Waals surface area contributed by atoms with Crippen molar-refractivity contribution in [1.82, 2.24) is 5.32 Å². The second-order valence-electron chi connectivity index (χ2n) is 14.0. The monoisotopic (exact) mass is 704 g/mol. The van der Waals surface area contributed by atoms with Crippen LogP contribution in [0.15, 0.2) is 12.2 Å². The molecule has 0 aromatic heterocycles. The Bertz CT molecular complexity index is 815. The molecular weight excluding hydrogens is 630 g/mol. The lowest BCUT2D eigenvalue weighted by Crippen LogP contribution is -2.60. The van der Waals surface area contributed by atoms with Crippen molar-refractivity contribution >= 4 is 5.91 Å². The Morgan fingerprint density at radius 1 is 0.694 bits per heavy atom. The molecule has 0 aliphatic carbocycles. The molecule has 290 valence electrons. The Morgan fingerprint density at radius 3 is 1.78 bits per heavy atom. The predicted octanol–water partition coefficient (Wildman–Crippen LogP) is 4.55. The Morgan fingerprint density at radius 2 is 1.20 bits per heavy atom. The van der Waals surface area contributed by atoms with Gasteiger partial charge in [-0.05, 0) is 32.1 Å². The van der Waals surface area contributed by atoms with Crippen molar-refractivity contribution in [2.75, 3.05) is 13.2 Å². The summed E-state index contributed by atoms with van der Waals surface area (Å²) in [6, 6.07) is -1.17. The lowest BCUT2D eigenvalue weighted by atomic mass is 9.98. The number of carbonyl (C=O) groups is 1. The Labute approximate surface area is 296 Å². The van der Waals surface area contributed by atoms with E-state index in [4.69, 9.17) is 9.47 Å². The number of ether oxygens (including phenoxy) is 2. The molecule has 0 spiro atoms. The van der Waals surface area contributed by atoms with Crippen LogP contribution in [0, 0.1) is 0 Å². The standard InChI is InChI=1S/C38H73NO10/c1-3-5-7-9-11-13-14-15-16-18-19-21-23-25-30(41)33(43)29(28-48-38-36(46)35(45)34(44)32(27-40)49-38)39-37(47)31(42)26-24-22-20-17-12-10-8-6-4-2/h10,12,29-36,38,40-46H,3-9,11,13-28H2,1-2H3,(H,39,47)/b12-10-. The summed E-state index contributed by atoms with van der Waals surface area (Å²) >= 11 is 0. The molecule has 11 heteroatoms. The number of aliphatic hydroxyl groups excluding tert-OH is 7. The number of nitrogens with one attached hydrogen (secondary N) is 1. The van der Waals surface area contributed by atoms with Crippen molar-refractivity contribution in [2.24, 2.45) is 0 Å². The van der Waals surface area contributed by atoms with Crippen molar-refractivity contribution in [2.45, 2.75) is 210 Å². The summed E-state index contributed by atoms with van der Waals surface area (Å²) in [4.78, 5) is 12.9. The summed E-state index contributed by atoms with van der Waals surface area (Å²) in [6.07, 6.45) is 15.7. The topological polar surface area (TPSA) is 189 Å². The second kappa shape index (κ2) is 29.4. The summed E-state index contributed by atoms with van der Waals surface area (Å²) < 4.78 is 11.0. The summed E-state index contributed by atoms with van der Waals surface area (Å²) in [5.74, 6) is -0.714. The molecule has 1 saturated heterocycles. The molecule has 0 bridgehead atoms. The number of carbonyl (C=O) groups excluding carboxylic acids is 1. The number of hydrogen-bond acceptors (Lipinski definition) is 10. The van der Waals surface area contributed by atoms with Crippen molar-refractivity contribution in [3.8, 4) is 0 Å². The maximum atomic E-state index is 12.9.